The molecule has 1 saturated heterocycles. The normalized spacial score (nSPS) is 18.9. The van der Waals surface area contributed by atoms with Gasteiger partial charge in [0.2, 0.25) is 0 Å². The van der Waals surface area contributed by atoms with Crippen molar-refractivity contribution in [1.82, 2.24) is 0 Å². The van der Waals surface area contributed by atoms with Gasteiger partial charge in [-0.2, -0.15) is 0 Å². The second-order valence-electron chi connectivity index (χ2n) is 19.2. The lowest BCUT2D eigenvalue weighted by Crippen LogP contribution is -2.61. The quantitative estimate of drug-likeness (QED) is 0.0228. The predicted molar refractivity (Wildman–Crippen MR) is 276 cm³/mol. The molecule has 0 amide bonds. The number of carbonyl (C=O) groups is 4. The lowest BCUT2D eigenvalue weighted by atomic mass is 9.98. The van der Waals surface area contributed by atoms with Gasteiger partial charge in [-0.25, -0.2) is 4.79 Å². The van der Waals surface area contributed by atoms with Gasteiger partial charge in [-0.15, -0.1) is 0 Å². The summed E-state index contributed by atoms with van der Waals surface area (Å²) < 4.78 is 28.3. The lowest BCUT2D eigenvalue weighted by Gasteiger charge is -2.40. The molecule has 69 heavy (non-hydrogen) atoms. The maximum Gasteiger partial charge on any atom is 0.335 e. The van der Waals surface area contributed by atoms with E-state index in [2.05, 4.69) is 57.2 Å². The van der Waals surface area contributed by atoms with Gasteiger partial charge < -0.3 is 39.0 Å². The van der Waals surface area contributed by atoms with Crippen LogP contribution in [0.2, 0.25) is 0 Å². The second-order valence-corrected chi connectivity index (χ2v) is 19.2. The molecule has 1 aliphatic heterocycles. The number of allylic oxidation sites excluding steroid dienone is 6. The second kappa shape index (κ2) is 46.0. The summed E-state index contributed by atoms with van der Waals surface area (Å²) in [5, 5.41) is 31.4. The van der Waals surface area contributed by atoms with E-state index in [4.69, 9.17) is 23.7 Å². The number of carboxylic acid groups (broad SMARTS) is 1. The maximum absolute atomic E-state index is 13.1. The van der Waals surface area contributed by atoms with Crippen LogP contribution in [0.25, 0.3) is 0 Å². The average Bonchev–Trinajstić information content (AvgIpc) is 3.33. The number of rotatable bonds is 47. The van der Waals surface area contributed by atoms with Crippen LogP contribution in [0.5, 0.6) is 0 Å². The average molecular weight is 977 g/mol. The molecule has 0 radical (unpaired) electrons. The Kier molecular flexibility index (Phi) is 42.7. The number of carboxylic acids is 1. The van der Waals surface area contributed by atoms with Crippen LogP contribution in [0.15, 0.2) is 36.5 Å². The number of unbranched alkanes of at least 4 members (excludes halogenated alkanes) is 27. The maximum atomic E-state index is 13.1. The minimum atomic E-state index is -1.90. The predicted octanol–water partition coefficient (Wildman–Crippen LogP) is 13.7. The molecular formula is C57H100O12. The summed E-state index contributed by atoms with van der Waals surface area (Å²) in [7, 11) is 0. The Bertz CT molecular complexity index is 1350. The molecule has 0 aliphatic carbocycles. The molecule has 400 valence electrons. The topological polar surface area (TPSA) is 175 Å². The Morgan fingerprint density at radius 3 is 1.39 bits per heavy atom. The van der Waals surface area contributed by atoms with Gasteiger partial charge in [0.25, 0.3) is 0 Å². The first-order chi connectivity index (χ1) is 33.6. The van der Waals surface area contributed by atoms with E-state index < -0.39 is 67.3 Å². The fourth-order valence-corrected chi connectivity index (χ4v) is 8.44. The molecule has 0 bridgehead atoms. The number of aliphatic hydroxyl groups is 2. The van der Waals surface area contributed by atoms with Crippen LogP contribution >= 0.6 is 0 Å². The molecule has 1 heterocycles. The molecule has 0 aromatic rings. The van der Waals surface area contributed by atoms with Crippen molar-refractivity contribution in [3.05, 3.63) is 36.5 Å². The highest BCUT2D eigenvalue weighted by atomic mass is 16.7. The van der Waals surface area contributed by atoms with E-state index >= 15 is 0 Å². The Morgan fingerprint density at radius 2 is 0.913 bits per heavy atom. The Labute approximate surface area is 419 Å². The van der Waals surface area contributed by atoms with E-state index in [0.717, 1.165) is 96.3 Å². The van der Waals surface area contributed by atoms with Gasteiger partial charge in [-0.3, -0.25) is 14.4 Å². The van der Waals surface area contributed by atoms with E-state index in [-0.39, 0.29) is 25.9 Å². The van der Waals surface area contributed by atoms with Gasteiger partial charge in [0.05, 0.1) is 6.61 Å². The van der Waals surface area contributed by atoms with Crippen LogP contribution in [0.4, 0.5) is 0 Å². The number of hydrogen-bond acceptors (Lipinski definition) is 11. The summed E-state index contributed by atoms with van der Waals surface area (Å²) in [6.07, 6.45) is 39.8. The first kappa shape index (κ1) is 64.0. The van der Waals surface area contributed by atoms with Crippen molar-refractivity contribution < 1.29 is 58.2 Å². The van der Waals surface area contributed by atoms with E-state index in [1.54, 1.807) is 0 Å². The van der Waals surface area contributed by atoms with Gasteiger partial charge >= 0.3 is 23.9 Å². The third-order valence-corrected chi connectivity index (χ3v) is 12.7. The fraction of sp³-hybridized carbons (Fsp3) is 0.825. The molecular weight excluding hydrogens is 877 g/mol. The van der Waals surface area contributed by atoms with Crippen molar-refractivity contribution in [2.45, 2.75) is 289 Å². The SMILES string of the molecule is CC/C=C\C/C=C\C/C=C\CCCCCCCC(=O)OCC(COC1OC(C(=O)O)C(O)C(O)C1OC(=O)CCCCCCCCCCCCC)OC(=O)CCCCCCCCCCCCCCC. The summed E-state index contributed by atoms with van der Waals surface area (Å²) in [6, 6.07) is 0. The number of aliphatic carboxylic acids is 1. The summed E-state index contributed by atoms with van der Waals surface area (Å²) in [4.78, 5) is 50.9. The molecule has 1 fully saturated rings. The summed E-state index contributed by atoms with van der Waals surface area (Å²) in [5.74, 6) is -3.12. The molecule has 0 spiro atoms. The molecule has 0 aromatic carbocycles. The summed E-state index contributed by atoms with van der Waals surface area (Å²) >= 11 is 0. The molecule has 6 atom stereocenters. The van der Waals surface area contributed by atoms with Gasteiger partial charge in [-0.05, 0) is 51.4 Å². The van der Waals surface area contributed by atoms with Gasteiger partial charge in [0, 0.05) is 19.3 Å². The zero-order valence-electron chi connectivity index (χ0n) is 43.8. The van der Waals surface area contributed by atoms with Crippen molar-refractivity contribution in [2.24, 2.45) is 0 Å². The first-order valence-electron chi connectivity index (χ1n) is 28.0. The zero-order chi connectivity index (χ0) is 50.4. The molecule has 0 saturated carbocycles. The fourth-order valence-electron chi connectivity index (χ4n) is 8.44. The number of carbonyl (C=O) groups excluding carboxylic acids is 3. The number of esters is 3. The van der Waals surface area contributed by atoms with Gasteiger partial charge in [0.15, 0.2) is 24.6 Å². The summed E-state index contributed by atoms with van der Waals surface area (Å²) in [5.41, 5.74) is 0. The minimum Gasteiger partial charge on any atom is -0.479 e. The van der Waals surface area contributed by atoms with Crippen LogP contribution in [0.1, 0.15) is 252 Å². The Morgan fingerprint density at radius 1 is 0.493 bits per heavy atom. The van der Waals surface area contributed by atoms with Gasteiger partial charge in [0.1, 0.15) is 18.8 Å². The van der Waals surface area contributed by atoms with E-state index in [0.29, 0.717) is 19.3 Å². The monoisotopic (exact) mass is 977 g/mol. The highest BCUT2D eigenvalue weighted by Gasteiger charge is 2.50. The van der Waals surface area contributed by atoms with Crippen molar-refractivity contribution >= 4 is 23.9 Å². The largest absolute Gasteiger partial charge is 0.479 e. The smallest absolute Gasteiger partial charge is 0.335 e. The molecule has 12 heteroatoms. The molecule has 1 rings (SSSR count). The van der Waals surface area contributed by atoms with E-state index in [1.165, 1.54) is 96.3 Å². The molecule has 6 unspecified atom stereocenters. The molecule has 0 aromatic heterocycles. The van der Waals surface area contributed by atoms with Crippen LogP contribution < -0.4 is 0 Å². The van der Waals surface area contributed by atoms with Crippen molar-refractivity contribution in [3.63, 3.8) is 0 Å². The van der Waals surface area contributed by atoms with E-state index in [1.807, 2.05) is 0 Å². The van der Waals surface area contributed by atoms with Crippen molar-refractivity contribution in [3.8, 4) is 0 Å². The molecule has 1 aliphatic rings. The van der Waals surface area contributed by atoms with Crippen molar-refractivity contribution in [2.75, 3.05) is 13.2 Å². The summed E-state index contributed by atoms with van der Waals surface area (Å²) in [6.45, 7) is 5.85. The van der Waals surface area contributed by atoms with Crippen LogP contribution in [-0.4, -0.2) is 89.2 Å². The van der Waals surface area contributed by atoms with Gasteiger partial charge in [-0.1, -0.05) is 218 Å². The highest BCUT2D eigenvalue weighted by Crippen LogP contribution is 2.26. The molecule has 12 nitrogen and oxygen atoms in total. The van der Waals surface area contributed by atoms with Crippen LogP contribution in [0.3, 0.4) is 0 Å². The standard InChI is InChI=1S/C57H100O12/c1-4-7-10-13-16-19-22-24-25-27-29-31-34-37-40-43-49(58)65-46-48(67-50(59)44-41-38-35-33-30-26-23-20-17-14-11-8-5-2)47-66-57-55(53(62)52(61)54(69-57)56(63)64)68-51(60)45-42-39-36-32-28-21-18-15-12-9-6-3/h7,10,16,19,24-25,48,52-55,57,61-62H,4-6,8-9,11-15,17-18,20-23,26-47H2,1-3H3,(H,63,64)/b10-7-,19-16-,25-24-. The third kappa shape index (κ3) is 36.5. The highest BCUT2D eigenvalue weighted by molar-refractivity contribution is 5.74. The van der Waals surface area contributed by atoms with Crippen LogP contribution in [-0.2, 0) is 42.9 Å². The third-order valence-electron chi connectivity index (χ3n) is 12.7. The zero-order valence-corrected chi connectivity index (χ0v) is 43.8. The van der Waals surface area contributed by atoms with E-state index in [9.17, 15) is 34.5 Å². The number of hydrogen-bond donors (Lipinski definition) is 3. The van der Waals surface area contributed by atoms with Crippen LogP contribution in [0, 0.1) is 0 Å². The Balaban J connectivity index is 2.71. The Hall–Kier alpha value is -3.06. The molecule has 3 N–H and O–H groups in total. The lowest BCUT2D eigenvalue weighted by molar-refractivity contribution is -0.301. The van der Waals surface area contributed by atoms with Crippen molar-refractivity contribution in [1.29, 1.82) is 0 Å². The first-order valence-corrected chi connectivity index (χ1v) is 28.0. The number of aliphatic hydroxyl groups excluding tert-OH is 2. The number of ether oxygens (including phenoxy) is 5. The minimum absolute atomic E-state index is 0.0634.